The topological polar surface area (TPSA) is 72.8 Å². The fourth-order valence-electron chi connectivity index (χ4n) is 2.23. The van der Waals surface area contributed by atoms with E-state index in [1.807, 2.05) is 24.3 Å². The van der Waals surface area contributed by atoms with E-state index >= 15 is 0 Å². The van der Waals surface area contributed by atoms with Crippen LogP contribution in [0.4, 0.5) is 0 Å². The summed E-state index contributed by atoms with van der Waals surface area (Å²) in [5, 5.41) is 8.89. The van der Waals surface area contributed by atoms with E-state index in [-0.39, 0.29) is 11.5 Å². The van der Waals surface area contributed by atoms with Crippen molar-refractivity contribution in [2.75, 3.05) is 0 Å². The fraction of sp³-hybridized carbons (Fsp3) is 0.111. The Labute approximate surface area is 146 Å². The Morgan fingerprint density at radius 3 is 2.75 bits per heavy atom. The highest BCUT2D eigenvalue weighted by Gasteiger charge is 2.28. The Morgan fingerprint density at radius 1 is 1.29 bits per heavy atom. The van der Waals surface area contributed by atoms with E-state index < -0.39 is 12.1 Å². The average molecular weight is 389 g/mol. The van der Waals surface area contributed by atoms with Crippen molar-refractivity contribution in [3.05, 3.63) is 63.8 Å². The molecular weight excluding hydrogens is 376 g/mol. The number of ether oxygens (including phenoxy) is 2. The van der Waals surface area contributed by atoms with Gasteiger partial charge in [-0.2, -0.15) is 0 Å². The maximum Gasteiger partial charge on any atom is 0.344 e. The maximum atomic E-state index is 12.4. The number of carbonyl (C=O) groups excluding carboxylic acids is 1. The minimum Gasteiger partial charge on any atom is -0.479 e. The van der Waals surface area contributed by atoms with Crippen LogP contribution in [0.1, 0.15) is 22.8 Å². The summed E-state index contributed by atoms with van der Waals surface area (Å²) in [5.41, 5.74) is 1.24. The van der Waals surface area contributed by atoms with Crippen molar-refractivity contribution in [3.8, 4) is 11.5 Å². The number of ketones is 1. The molecule has 0 saturated heterocycles. The second-order valence-corrected chi connectivity index (χ2v) is 6.07. The van der Waals surface area contributed by atoms with E-state index in [9.17, 15) is 9.59 Å². The molecule has 24 heavy (non-hydrogen) atoms. The van der Waals surface area contributed by atoms with Gasteiger partial charge in [0.2, 0.25) is 5.78 Å². The van der Waals surface area contributed by atoms with E-state index in [1.165, 1.54) is 13.0 Å². The third-order valence-electron chi connectivity index (χ3n) is 3.49. The zero-order valence-corrected chi connectivity index (χ0v) is 14.2. The van der Waals surface area contributed by atoms with Crippen LogP contribution < -0.4 is 9.47 Å². The molecule has 2 aromatic rings. The van der Waals surface area contributed by atoms with Gasteiger partial charge in [0.1, 0.15) is 11.5 Å². The van der Waals surface area contributed by atoms with E-state index in [0.717, 1.165) is 10.0 Å². The number of carboxylic acids is 1. The molecule has 1 atom stereocenters. The van der Waals surface area contributed by atoms with Crippen molar-refractivity contribution in [1.82, 2.24) is 0 Å². The van der Waals surface area contributed by atoms with Crippen molar-refractivity contribution in [1.29, 1.82) is 0 Å². The quantitative estimate of drug-likeness (QED) is 0.803. The number of allylic oxidation sites excluding steroid dienone is 1. The van der Waals surface area contributed by atoms with Gasteiger partial charge in [0.25, 0.3) is 0 Å². The average Bonchev–Trinajstić information content (AvgIpc) is 2.85. The summed E-state index contributed by atoms with van der Waals surface area (Å²) >= 11 is 3.42. The summed E-state index contributed by atoms with van der Waals surface area (Å²) in [4.78, 5) is 23.3. The Hall–Kier alpha value is -2.60. The molecule has 0 aliphatic carbocycles. The number of aliphatic carboxylic acids is 1. The highest BCUT2D eigenvalue weighted by atomic mass is 79.9. The first-order chi connectivity index (χ1) is 11.5. The fourth-order valence-corrected chi connectivity index (χ4v) is 2.63. The molecule has 1 aliphatic rings. The molecule has 1 aliphatic heterocycles. The molecule has 1 unspecified atom stereocenters. The standard InChI is InChI=1S/C18H13BrO5/c1-10(18(21)22)23-12-6-7-13-15(9-12)24-16(17(13)20)8-11-4-2-3-5-14(11)19/h2-10H,1H3,(H,21,22)/b16-8-. The Bertz CT molecular complexity index is 856. The first-order valence-corrected chi connectivity index (χ1v) is 7.97. The molecule has 3 rings (SSSR count). The molecule has 0 spiro atoms. The van der Waals surface area contributed by atoms with Gasteiger partial charge in [-0.15, -0.1) is 0 Å². The van der Waals surface area contributed by atoms with E-state index in [0.29, 0.717) is 17.1 Å². The monoisotopic (exact) mass is 388 g/mol. The molecule has 122 valence electrons. The summed E-state index contributed by atoms with van der Waals surface area (Å²) in [6.07, 6.45) is 0.669. The number of hydrogen-bond donors (Lipinski definition) is 1. The lowest BCUT2D eigenvalue weighted by molar-refractivity contribution is -0.144. The molecule has 0 saturated carbocycles. The second kappa shape index (κ2) is 6.49. The minimum absolute atomic E-state index is 0.209. The summed E-state index contributed by atoms with van der Waals surface area (Å²) in [6.45, 7) is 1.43. The van der Waals surface area contributed by atoms with Crippen LogP contribution in [0.2, 0.25) is 0 Å². The molecule has 0 aromatic heterocycles. The Morgan fingerprint density at radius 2 is 2.04 bits per heavy atom. The van der Waals surface area contributed by atoms with Gasteiger partial charge >= 0.3 is 5.97 Å². The van der Waals surface area contributed by atoms with Gasteiger partial charge in [-0.05, 0) is 36.8 Å². The molecule has 5 nitrogen and oxygen atoms in total. The molecule has 0 amide bonds. The number of carboxylic acid groups (broad SMARTS) is 1. The van der Waals surface area contributed by atoms with Crippen molar-refractivity contribution in [2.45, 2.75) is 13.0 Å². The third kappa shape index (κ3) is 3.19. The van der Waals surface area contributed by atoms with Crippen LogP contribution in [-0.2, 0) is 4.79 Å². The van der Waals surface area contributed by atoms with Gasteiger partial charge in [-0.25, -0.2) is 4.79 Å². The smallest absolute Gasteiger partial charge is 0.344 e. The van der Waals surface area contributed by atoms with Crippen LogP contribution in [0.15, 0.2) is 52.7 Å². The number of rotatable bonds is 4. The van der Waals surface area contributed by atoms with Crippen LogP contribution in [0.25, 0.3) is 6.08 Å². The van der Waals surface area contributed by atoms with Crippen molar-refractivity contribution in [3.63, 3.8) is 0 Å². The summed E-state index contributed by atoms with van der Waals surface area (Å²) in [5.74, 6) is -0.395. The van der Waals surface area contributed by atoms with Gasteiger partial charge in [0.15, 0.2) is 11.9 Å². The molecular formula is C18H13BrO5. The van der Waals surface area contributed by atoms with Gasteiger partial charge in [-0.3, -0.25) is 4.79 Å². The molecule has 1 heterocycles. The summed E-state index contributed by atoms with van der Waals surface area (Å²) in [6, 6.07) is 12.1. The Kier molecular flexibility index (Phi) is 4.40. The highest BCUT2D eigenvalue weighted by Crippen LogP contribution is 2.35. The lowest BCUT2D eigenvalue weighted by Gasteiger charge is -2.10. The lowest BCUT2D eigenvalue weighted by Crippen LogP contribution is -2.22. The lowest BCUT2D eigenvalue weighted by atomic mass is 10.1. The van der Waals surface area contributed by atoms with Crippen LogP contribution in [0.5, 0.6) is 11.5 Å². The Balaban J connectivity index is 1.88. The normalized spacial score (nSPS) is 15.8. The largest absolute Gasteiger partial charge is 0.479 e. The molecule has 0 bridgehead atoms. The minimum atomic E-state index is -1.07. The first kappa shape index (κ1) is 16.3. The summed E-state index contributed by atoms with van der Waals surface area (Å²) < 4.78 is 11.8. The first-order valence-electron chi connectivity index (χ1n) is 7.18. The molecule has 0 radical (unpaired) electrons. The van der Waals surface area contributed by atoms with E-state index in [4.69, 9.17) is 14.6 Å². The van der Waals surface area contributed by atoms with Crippen molar-refractivity contribution >= 4 is 33.8 Å². The zero-order chi connectivity index (χ0) is 17.3. The SMILES string of the molecule is CC(Oc1ccc2c(c1)O/C(=C\c1ccccc1Br)C2=O)C(=O)O. The van der Waals surface area contributed by atoms with Gasteiger partial charge in [-0.1, -0.05) is 34.1 Å². The van der Waals surface area contributed by atoms with Gasteiger partial charge in [0.05, 0.1) is 5.56 Å². The predicted molar refractivity (Wildman–Crippen MR) is 91.2 cm³/mol. The van der Waals surface area contributed by atoms with E-state index in [1.54, 1.807) is 18.2 Å². The number of fused-ring (bicyclic) bond motifs is 1. The number of halogens is 1. The molecule has 2 aromatic carbocycles. The van der Waals surface area contributed by atoms with Gasteiger partial charge < -0.3 is 14.6 Å². The maximum absolute atomic E-state index is 12.4. The second-order valence-electron chi connectivity index (χ2n) is 5.22. The van der Waals surface area contributed by atoms with Crippen molar-refractivity contribution < 1.29 is 24.2 Å². The van der Waals surface area contributed by atoms with Crippen LogP contribution in [0, 0.1) is 0 Å². The molecule has 1 N–H and O–H groups in total. The van der Waals surface area contributed by atoms with E-state index in [2.05, 4.69) is 15.9 Å². The van der Waals surface area contributed by atoms with Crippen molar-refractivity contribution in [2.24, 2.45) is 0 Å². The number of benzene rings is 2. The summed E-state index contributed by atoms with van der Waals surface area (Å²) in [7, 11) is 0. The molecule has 6 heteroatoms. The van der Waals surface area contributed by atoms with Crippen LogP contribution in [-0.4, -0.2) is 23.0 Å². The van der Waals surface area contributed by atoms with Crippen LogP contribution >= 0.6 is 15.9 Å². The van der Waals surface area contributed by atoms with Crippen LogP contribution in [0.3, 0.4) is 0 Å². The number of Topliss-reactive ketones (excluding diaryl/α,β-unsaturated/α-hetero) is 1. The zero-order valence-electron chi connectivity index (χ0n) is 12.7. The van der Waals surface area contributed by atoms with Gasteiger partial charge in [0, 0.05) is 10.5 Å². The number of carbonyl (C=O) groups is 2. The predicted octanol–water partition coefficient (Wildman–Crippen LogP) is 3.92. The molecule has 0 fully saturated rings. The third-order valence-corrected chi connectivity index (χ3v) is 4.22. The highest BCUT2D eigenvalue weighted by molar-refractivity contribution is 9.10. The number of hydrogen-bond acceptors (Lipinski definition) is 4.